The molecular formula is C22H22N4O2. The highest BCUT2D eigenvalue weighted by molar-refractivity contribution is 5.91. The minimum Gasteiger partial charge on any atom is -0.351 e. The molecule has 6 nitrogen and oxygen atoms in total. The molecule has 2 aromatic carbocycles. The van der Waals surface area contributed by atoms with E-state index in [4.69, 9.17) is 4.52 Å². The average Bonchev–Trinajstić information content (AvgIpc) is 3.34. The van der Waals surface area contributed by atoms with Crippen LogP contribution in [0, 0.1) is 0 Å². The molecule has 0 aliphatic rings. The molecule has 0 radical (unpaired) electrons. The van der Waals surface area contributed by atoms with Crippen molar-refractivity contribution < 1.29 is 9.32 Å². The highest BCUT2D eigenvalue weighted by atomic mass is 16.5. The Morgan fingerprint density at radius 3 is 2.68 bits per heavy atom. The van der Waals surface area contributed by atoms with Crippen molar-refractivity contribution in [1.29, 1.82) is 0 Å². The van der Waals surface area contributed by atoms with Gasteiger partial charge in [0.25, 0.3) is 5.91 Å². The summed E-state index contributed by atoms with van der Waals surface area (Å²) < 4.78 is 5.31. The van der Waals surface area contributed by atoms with E-state index in [1.165, 1.54) is 5.56 Å². The summed E-state index contributed by atoms with van der Waals surface area (Å²) in [7, 11) is 1.73. The first kappa shape index (κ1) is 18.0. The lowest BCUT2D eigenvalue weighted by Crippen LogP contribution is -2.26. The third kappa shape index (κ3) is 3.81. The van der Waals surface area contributed by atoms with Gasteiger partial charge in [-0.1, -0.05) is 54.5 Å². The lowest BCUT2D eigenvalue weighted by Gasteiger charge is -2.13. The molecule has 1 N–H and O–H groups in total. The Kier molecular flexibility index (Phi) is 4.93. The highest BCUT2D eigenvalue weighted by Crippen LogP contribution is 2.20. The topological polar surface area (TPSA) is 75.0 Å². The number of aromatic nitrogens is 3. The lowest BCUT2D eigenvalue weighted by atomic mass is 9.96. The lowest BCUT2D eigenvalue weighted by molar-refractivity contribution is 0.0740. The summed E-state index contributed by atoms with van der Waals surface area (Å²) in [4.78, 5) is 22.0. The second-order valence-electron chi connectivity index (χ2n) is 7.06. The normalized spacial score (nSPS) is 12.2. The van der Waals surface area contributed by atoms with Crippen LogP contribution in [-0.4, -0.2) is 33.0 Å². The van der Waals surface area contributed by atoms with Crippen molar-refractivity contribution in [2.24, 2.45) is 0 Å². The zero-order valence-corrected chi connectivity index (χ0v) is 15.9. The number of carbonyl (C=O) groups excluding carboxylic acids is 1. The first-order valence-corrected chi connectivity index (χ1v) is 9.30. The van der Waals surface area contributed by atoms with Gasteiger partial charge in [-0.3, -0.25) is 4.79 Å². The standard InChI is InChI=1S/C22H22N4O2/c1-15(16-8-4-3-5-9-16)12-17-13-20(28-25-17)22(27)26(2)14-21-23-18-10-6-7-11-19(18)24-21/h3-11,13,15H,12,14H2,1-2H3,(H,23,24). The molecule has 6 heteroatoms. The molecule has 2 aromatic heterocycles. The summed E-state index contributed by atoms with van der Waals surface area (Å²) in [6, 6.07) is 19.8. The van der Waals surface area contributed by atoms with Crippen LogP contribution in [0.1, 0.15) is 40.5 Å². The molecule has 0 spiro atoms. The fourth-order valence-electron chi connectivity index (χ4n) is 3.29. The third-order valence-corrected chi connectivity index (χ3v) is 4.83. The van der Waals surface area contributed by atoms with Crippen LogP contribution in [0.15, 0.2) is 65.2 Å². The van der Waals surface area contributed by atoms with Gasteiger partial charge in [0.2, 0.25) is 5.76 Å². The Morgan fingerprint density at radius 1 is 1.14 bits per heavy atom. The second kappa shape index (κ2) is 7.68. The predicted molar refractivity (Wildman–Crippen MR) is 107 cm³/mol. The van der Waals surface area contributed by atoms with Crippen molar-refractivity contribution in [2.45, 2.75) is 25.8 Å². The van der Waals surface area contributed by atoms with Gasteiger partial charge < -0.3 is 14.4 Å². The van der Waals surface area contributed by atoms with Gasteiger partial charge in [0.05, 0.1) is 23.3 Å². The van der Waals surface area contributed by atoms with Gasteiger partial charge in [0, 0.05) is 13.1 Å². The maximum atomic E-state index is 12.7. The molecule has 0 aliphatic heterocycles. The monoisotopic (exact) mass is 374 g/mol. The summed E-state index contributed by atoms with van der Waals surface area (Å²) in [6.45, 7) is 2.50. The van der Waals surface area contributed by atoms with E-state index in [9.17, 15) is 4.79 Å². The van der Waals surface area contributed by atoms with E-state index < -0.39 is 0 Å². The predicted octanol–water partition coefficient (Wildman–Crippen LogP) is 4.17. The number of hydrogen-bond acceptors (Lipinski definition) is 4. The number of aromatic amines is 1. The van der Waals surface area contributed by atoms with Crippen LogP contribution in [0.5, 0.6) is 0 Å². The fraction of sp³-hybridized carbons (Fsp3) is 0.227. The summed E-state index contributed by atoms with van der Waals surface area (Å²) in [5, 5.41) is 4.08. The van der Waals surface area contributed by atoms with Crippen LogP contribution in [-0.2, 0) is 13.0 Å². The smallest absolute Gasteiger partial charge is 0.292 e. The number of nitrogens with one attached hydrogen (secondary N) is 1. The van der Waals surface area contributed by atoms with Gasteiger partial charge in [-0.05, 0) is 30.0 Å². The van der Waals surface area contributed by atoms with Crippen molar-refractivity contribution in [1.82, 2.24) is 20.0 Å². The third-order valence-electron chi connectivity index (χ3n) is 4.83. The number of H-pyrrole nitrogens is 1. The molecule has 0 bridgehead atoms. The second-order valence-corrected chi connectivity index (χ2v) is 7.06. The number of carbonyl (C=O) groups is 1. The SMILES string of the molecule is CC(Cc1cc(C(=O)N(C)Cc2nc3ccccc3[nH]2)on1)c1ccccc1. The maximum absolute atomic E-state index is 12.7. The summed E-state index contributed by atoms with van der Waals surface area (Å²) in [5.74, 6) is 1.05. The molecule has 4 rings (SSSR count). The Morgan fingerprint density at radius 2 is 1.89 bits per heavy atom. The van der Waals surface area contributed by atoms with Gasteiger partial charge in [-0.25, -0.2) is 4.98 Å². The number of amides is 1. The number of para-hydroxylation sites is 2. The first-order chi connectivity index (χ1) is 13.6. The summed E-state index contributed by atoms with van der Waals surface area (Å²) >= 11 is 0. The van der Waals surface area contributed by atoms with E-state index in [2.05, 4.69) is 34.2 Å². The Hall–Kier alpha value is -3.41. The Labute approximate surface area is 163 Å². The molecule has 0 aliphatic carbocycles. The van der Waals surface area contributed by atoms with Crippen molar-refractivity contribution in [3.8, 4) is 0 Å². The van der Waals surface area contributed by atoms with E-state index in [0.717, 1.165) is 22.6 Å². The highest BCUT2D eigenvalue weighted by Gasteiger charge is 2.20. The van der Waals surface area contributed by atoms with E-state index in [1.54, 1.807) is 18.0 Å². The van der Waals surface area contributed by atoms with E-state index >= 15 is 0 Å². The number of rotatable bonds is 6. The van der Waals surface area contributed by atoms with Gasteiger partial charge in [-0.2, -0.15) is 0 Å². The molecule has 0 fully saturated rings. The van der Waals surface area contributed by atoms with Gasteiger partial charge in [-0.15, -0.1) is 0 Å². The number of hydrogen-bond donors (Lipinski definition) is 1. The van der Waals surface area contributed by atoms with Crippen LogP contribution in [0.25, 0.3) is 11.0 Å². The quantitative estimate of drug-likeness (QED) is 0.550. The molecule has 142 valence electrons. The number of imidazole rings is 1. The van der Waals surface area contributed by atoms with E-state index in [1.807, 2.05) is 42.5 Å². The van der Waals surface area contributed by atoms with Crippen molar-refractivity contribution in [3.05, 3.63) is 83.5 Å². The van der Waals surface area contributed by atoms with Crippen LogP contribution in [0.4, 0.5) is 0 Å². The van der Waals surface area contributed by atoms with Gasteiger partial charge in [0.1, 0.15) is 5.82 Å². The summed E-state index contributed by atoms with van der Waals surface area (Å²) in [6.07, 6.45) is 0.716. The molecule has 4 aromatic rings. The molecule has 1 atom stereocenters. The molecule has 0 saturated carbocycles. The van der Waals surface area contributed by atoms with Crippen molar-refractivity contribution in [2.75, 3.05) is 7.05 Å². The summed E-state index contributed by atoms with van der Waals surface area (Å²) in [5.41, 5.74) is 3.85. The largest absolute Gasteiger partial charge is 0.351 e. The maximum Gasteiger partial charge on any atom is 0.292 e. The average molecular weight is 374 g/mol. The van der Waals surface area contributed by atoms with E-state index in [-0.39, 0.29) is 11.7 Å². The first-order valence-electron chi connectivity index (χ1n) is 9.30. The van der Waals surface area contributed by atoms with Crippen molar-refractivity contribution in [3.63, 3.8) is 0 Å². The Balaban J connectivity index is 1.41. The Bertz CT molecular complexity index is 1050. The molecule has 28 heavy (non-hydrogen) atoms. The number of benzene rings is 2. The van der Waals surface area contributed by atoms with Gasteiger partial charge >= 0.3 is 0 Å². The van der Waals surface area contributed by atoms with Gasteiger partial charge in [0.15, 0.2) is 0 Å². The number of fused-ring (bicyclic) bond motifs is 1. The van der Waals surface area contributed by atoms with Crippen LogP contribution in [0.2, 0.25) is 0 Å². The van der Waals surface area contributed by atoms with Crippen LogP contribution < -0.4 is 0 Å². The minimum absolute atomic E-state index is 0.216. The van der Waals surface area contributed by atoms with Crippen LogP contribution >= 0.6 is 0 Å². The zero-order chi connectivity index (χ0) is 19.5. The molecule has 1 unspecified atom stereocenters. The molecule has 1 amide bonds. The van der Waals surface area contributed by atoms with Crippen LogP contribution in [0.3, 0.4) is 0 Å². The minimum atomic E-state index is -0.216. The number of nitrogens with zero attached hydrogens (tertiary/aromatic N) is 3. The fourth-order valence-corrected chi connectivity index (χ4v) is 3.29. The zero-order valence-electron chi connectivity index (χ0n) is 15.9. The molecular weight excluding hydrogens is 352 g/mol. The molecule has 2 heterocycles. The van der Waals surface area contributed by atoms with E-state index in [0.29, 0.717) is 18.9 Å². The molecule has 0 saturated heterocycles. The van der Waals surface area contributed by atoms with Crippen molar-refractivity contribution >= 4 is 16.9 Å².